The van der Waals surface area contributed by atoms with Gasteiger partial charge in [-0.2, -0.15) is 0 Å². The minimum atomic E-state index is -0.953. The summed E-state index contributed by atoms with van der Waals surface area (Å²) in [6.45, 7) is 6.78. The molecule has 1 fully saturated rings. The number of urea groups is 1. The van der Waals surface area contributed by atoms with Crippen LogP contribution >= 0.6 is 0 Å². The molecule has 1 aliphatic heterocycles. The Kier molecular flexibility index (Phi) is 4.34. The second-order valence-electron chi connectivity index (χ2n) is 4.97. The quantitative estimate of drug-likeness (QED) is 0.759. The molecule has 0 aromatic heterocycles. The summed E-state index contributed by atoms with van der Waals surface area (Å²) in [6.07, 6.45) is 0. The zero-order valence-electron chi connectivity index (χ0n) is 10.5. The molecule has 1 unspecified atom stereocenters. The van der Waals surface area contributed by atoms with Crippen LogP contribution in [0.2, 0.25) is 0 Å². The Morgan fingerprint density at radius 2 is 2.18 bits per heavy atom. The number of hydrogen-bond donors (Lipinski definition) is 2. The van der Waals surface area contributed by atoms with Crippen LogP contribution in [-0.4, -0.2) is 54.4 Å². The fourth-order valence-corrected chi connectivity index (χ4v) is 1.50. The first-order valence-corrected chi connectivity index (χ1v) is 5.70. The average Bonchev–Trinajstić information content (AvgIpc) is 2.26. The Labute approximate surface area is 101 Å². The van der Waals surface area contributed by atoms with Gasteiger partial charge >= 0.3 is 12.0 Å². The molecule has 2 amide bonds. The number of nitrogens with zero attached hydrogens (tertiary/aromatic N) is 1. The first-order valence-electron chi connectivity index (χ1n) is 5.70. The van der Waals surface area contributed by atoms with Gasteiger partial charge in [-0.05, 0) is 20.8 Å². The summed E-state index contributed by atoms with van der Waals surface area (Å²) in [6, 6.07) is -0.202. The Bertz CT molecular complexity index is 304. The topological polar surface area (TPSA) is 78.9 Å². The molecule has 0 aliphatic carbocycles. The lowest BCUT2D eigenvalue weighted by molar-refractivity contribution is -0.146. The van der Waals surface area contributed by atoms with E-state index in [0.29, 0.717) is 19.8 Å². The standard InChI is InChI=1S/C11H20N2O4/c1-8-6-17-5-4-13(8)10(16)12-7-11(2,3)9(14)15/h8H,4-7H2,1-3H3,(H,12,16)(H,14,15). The molecule has 6 heteroatoms. The van der Waals surface area contributed by atoms with Gasteiger partial charge in [0, 0.05) is 13.1 Å². The lowest BCUT2D eigenvalue weighted by Gasteiger charge is -2.34. The number of hydrogen-bond acceptors (Lipinski definition) is 3. The SMILES string of the molecule is CC1COCCN1C(=O)NCC(C)(C)C(=O)O. The van der Waals surface area contributed by atoms with Gasteiger partial charge in [-0.3, -0.25) is 4.79 Å². The molecule has 0 bridgehead atoms. The number of carboxylic acids is 1. The van der Waals surface area contributed by atoms with E-state index in [4.69, 9.17) is 9.84 Å². The maximum absolute atomic E-state index is 11.8. The van der Waals surface area contributed by atoms with Gasteiger partial charge in [-0.15, -0.1) is 0 Å². The first kappa shape index (κ1) is 13.8. The van der Waals surface area contributed by atoms with Gasteiger partial charge in [0.2, 0.25) is 0 Å². The number of carbonyl (C=O) groups is 2. The summed E-state index contributed by atoms with van der Waals surface area (Å²) >= 11 is 0. The Balaban J connectivity index is 2.46. The van der Waals surface area contributed by atoms with Crippen LogP contribution in [0.4, 0.5) is 4.79 Å². The van der Waals surface area contributed by atoms with Crippen molar-refractivity contribution in [1.29, 1.82) is 0 Å². The van der Waals surface area contributed by atoms with Gasteiger partial charge in [0.05, 0.1) is 24.7 Å². The Morgan fingerprint density at radius 3 is 2.71 bits per heavy atom. The highest BCUT2D eigenvalue weighted by atomic mass is 16.5. The highest BCUT2D eigenvalue weighted by Crippen LogP contribution is 2.14. The van der Waals surface area contributed by atoms with Crippen molar-refractivity contribution in [2.24, 2.45) is 5.41 Å². The molecular formula is C11H20N2O4. The fraction of sp³-hybridized carbons (Fsp3) is 0.818. The van der Waals surface area contributed by atoms with Gasteiger partial charge in [-0.1, -0.05) is 0 Å². The zero-order chi connectivity index (χ0) is 13.1. The third kappa shape index (κ3) is 3.59. The Hall–Kier alpha value is -1.30. The maximum Gasteiger partial charge on any atom is 0.317 e. The molecular weight excluding hydrogens is 224 g/mol. The fourth-order valence-electron chi connectivity index (χ4n) is 1.50. The summed E-state index contributed by atoms with van der Waals surface area (Å²) < 4.78 is 5.23. The van der Waals surface area contributed by atoms with Crippen LogP contribution in [0, 0.1) is 5.41 Å². The van der Waals surface area contributed by atoms with Crippen LogP contribution in [0.15, 0.2) is 0 Å². The number of ether oxygens (including phenoxy) is 1. The van der Waals surface area contributed by atoms with Crippen LogP contribution < -0.4 is 5.32 Å². The van der Waals surface area contributed by atoms with Crippen molar-refractivity contribution < 1.29 is 19.4 Å². The van der Waals surface area contributed by atoms with Crippen molar-refractivity contribution in [3.63, 3.8) is 0 Å². The van der Waals surface area contributed by atoms with Crippen molar-refractivity contribution in [2.45, 2.75) is 26.8 Å². The van der Waals surface area contributed by atoms with Gasteiger partial charge in [0.25, 0.3) is 0 Å². The van der Waals surface area contributed by atoms with E-state index >= 15 is 0 Å². The second-order valence-corrected chi connectivity index (χ2v) is 4.97. The molecule has 0 aromatic carbocycles. The molecule has 1 rings (SSSR count). The lowest BCUT2D eigenvalue weighted by Crippen LogP contribution is -2.53. The van der Waals surface area contributed by atoms with Crippen molar-refractivity contribution in [3.8, 4) is 0 Å². The van der Waals surface area contributed by atoms with E-state index in [1.54, 1.807) is 18.7 Å². The predicted octanol–water partition coefficient (Wildman–Crippen LogP) is 0.527. The van der Waals surface area contributed by atoms with Gasteiger partial charge in [0.1, 0.15) is 0 Å². The number of aliphatic carboxylic acids is 1. The molecule has 0 spiro atoms. The molecule has 1 saturated heterocycles. The van der Waals surface area contributed by atoms with E-state index in [-0.39, 0.29) is 18.6 Å². The van der Waals surface area contributed by atoms with Crippen molar-refractivity contribution in [1.82, 2.24) is 10.2 Å². The van der Waals surface area contributed by atoms with E-state index < -0.39 is 11.4 Å². The third-order valence-electron chi connectivity index (χ3n) is 2.89. The summed E-state index contributed by atoms with van der Waals surface area (Å²) in [5.74, 6) is -0.923. The molecule has 0 aromatic rings. The predicted molar refractivity (Wildman–Crippen MR) is 61.8 cm³/mol. The van der Waals surface area contributed by atoms with Crippen LogP contribution in [-0.2, 0) is 9.53 Å². The van der Waals surface area contributed by atoms with Crippen molar-refractivity contribution >= 4 is 12.0 Å². The molecule has 17 heavy (non-hydrogen) atoms. The molecule has 2 N–H and O–H groups in total. The zero-order valence-corrected chi connectivity index (χ0v) is 10.5. The smallest absolute Gasteiger partial charge is 0.317 e. The molecule has 1 aliphatic rings. The van der Waals surface area contributed by atoms with Gasteiger partial charge in [0.15, 0.2) is 0 Å². The molecule has 1 heterocycles. The summed E-state index contributed by atoms with van der Waals surface area (Å²) in [5.41, 5.74) is -0.953. The largest absolute Gasteiger partial charge is 0.481 e. The van der Waals surface area contributed by atoms with Crippen LogP contribution in [0.25, 0.3) is 0 Å². The minimum Gasteiger partial charge on any atom is -0.481 e. The monoisotopic (exact) mass is 244 g/mol. The maximum atomic E-state index is 11.8. The van der Waals surface area contributed by atoms with E-state index in [2.05, 4.69) is 5.32 Å². The molecule has 98 valence electrons. The summed E-state index contributed by atoms with van der Waals surface area (Å²) in [4.78, 5) is 24.4. The summed E-state index contributed by atoms with van der Waals surface area (Å²) in [5, 5.41) is 11.6. The summed E-state index contributed by atoms with van der Waals surface area (Å²) in [7, 11) is 0. The number of rotatable bonds is 3. The number of morpholine rings is 1. The Morgan fingerprint density at radius 1 is 1.53 bits per heavy atom. The van der Waals surface area contributed by atoms with Crippen LogP contribution in [0.3, 0.4) is 0 Å². The number of amides is 2. The second kappa shape index (κ2) is 5.35. The van der Waals surface area contributed by atoms with Crippen LogP contribution in [0.1, 0.15) is 20.8 Å². The number of carbonyl (C=O) groups excluding carboxylic acids is 1. The van der Waals surface area contributed by atoms with Gasteiger partial charge < -0.3 is 20.1 Å². The lowest BCUT2D eigenvalue weighted by atomic mass is 9.94. The highest BCUT2D eigenvalue weighted by Gasteiger charge is 2.30. The van der Waals surface area contributed by atoms with Gasteiger partial charge in [-0.25, -0.2) is 4.79 Å². The first-order chi connectivity index (χ1) is 7.84. The number of carboxylic acid groups (broad SMARTS) is 1. The van der Waals surface area contributed by atoms with E-state index in [1.165, 1.54) is 0 Å². The average molecular weight is 244 g/mol. The van der Waals surface area contributed by atoms with Crippen molar-refractivity contribution in [2.75, 3.05) is 26.3 Å². The van der Waals surface area contributed by atoms with E-state index in [1.807, 2.05) is 6.92 Å². The van der Waals surface area contributed by atoms with Crippen molar-refractivity contribution in [3.05, 3.63) is 0 Å². The normalized spacial score (nSPS) is 21.1. The number of nitrogens with one attached hydrogen (secondary N) is 1. The van der Waals surface area contributed by atoms with E-state index in [0.717, 1.165) is 0 Å². The minimum absolute atomic E-state index is 0.0247. The molecule has 6 nitrogen and oxygen atoms in total. The molecule has 0 radical (unpaired) electrons. The molecule has 1 atom stereocenters. The highest BCUT2D eigenvalue weighted by molar-refractivity contribution is 5.77. The van der Waals surface area contributed by atoms with E-state index in [9.17, 15) is 9.59 Å². The molecule has 0 saturated carbocycles. The van der Waals surface area contributed by atoms with Crippen LogP contribution in [0.5, 0.6) is 0 Å². The third-order valence-corrected chi connectivity index (χ3v) is 2.89.